The lowest BCUT2D eigenvalue weighted by molar-refractivity contribution is 0.0948. The molecule has 31 heavy (non-hydrogen) atoms. The first-order valence-corrected chi connectivity index (χ1v) is 10.2. The van der Waals surface area contributed by atoms with E-state index in [0.29, 0.717) is 17.8 Å². The number of amides is 2. The molecule has 1 aliphatic carbocycles. The van der Waals surface area contributed by atoms with Crippen molar-refractivity contribution in [2.24, 2.45) is 5.10 Å². The first-order chi connectivity index (χ1) is 14.9. The predicted octanol–water partition coefficient (Wildman–Crippen LogP) is 4.32. The number of benzene rings is 1. The number of anilines is 1. The number of fused-ring (bicyclic) bond motifs is 1. The van der Waals surface area contributed by atoms with Crippen molar-refractivity contribution in [1.29, 1.82) is 0 Å². The molecule has 4 rings (SSSR count). The fraction of sp³-hybridized carbons (Fsp3) is 0.250. The van der Waals surface area contributed by atoms with E-state index in [-0.39, 0.29) is 17.6 Å². The second-order valence-corrected chi connectivity index (χ2v) is 7.68. The minimum atomic E-state index is -0.380. The quantitative estimate of drug-likeness (QED) is 0.619. The van der Waals surface area contributed by atoms with Crippen molar-refractivity contribution < 1.29 is 14.0 Å². The standard InChI is InChI=1S/C24H24N4O3/c1-14-10-11-17(13-15(14)2)26-24(30)22-16(3)21-18(8-6-9-20(21)31-22)27-28-23(29)19-7-4-5-12-25-19/h4-5,7,10-13H,6,8-9H2,1-3H3,(H,26,30)(H,28,29)/b27-18+. The van der Waals surface area contributed by atoms with Gasteiger partial charge in [-0.2, -0.15) is 5.10 Å². The van der Waals surface area contributed by atoms with Gasteiger partial charge in [0, 0.05) is 29.4 Å². The molecule has 0 spiro atoms. The lowest BCUT2D eigenvalue weighted by Gasteiger charge is -2.13. The van der Waals surface area contributed by atoms with Crippen LogP contribution in [0.4, 0.5) is 5.69 Å². The number of carbonyl (C=O) groups excluding carboxylic acids is 2. The third-order valence-electron chi connectivity index (χ3n) is 5.49. The maximum atomic E-state index is 12.9. The molecule has 7 heteroatoms. The summed E-state index contributed by atoms with van der Waals surface area (Å²) in [5.41, 5.74) is 8.08. The van der Waals surface area contributed by atoms with Gasteiger partial charge in [-0.25, -0.2) is 5.43 Å². The van der Waals surface area contributed by atoms with Crippen molar-refractivity contribution in [2.75, 3.05) is 5.32 Å². The summed E-state index contributed by atoms with van der Waals surface area (Å²) >= 11 is 0. The fourth-order valence-corrected chi connectivity index (χ4v) is 3.68. The number of hydrogen-bond acceptors (Lipinski definition) is 5. The molecular formula is C24H24N4O3. The van der Waals surface area contributed by atoms with Crippen LogP contribution < -0.4 is 10.7 Å². The van der Waals surface area contributed by atoms with Gasteiger partial charge >= 0.3 is 0 Å². The van der Waals surface area contributed by atoms with E-state index in [1.807, 2.05) is 39.0 Å². The highest BCUT2D eigenvalue weighted by Gasteiger charge is 2.28. The van der Waals surface area contributed by atoms with Gasteiger partial charge in [0.1, 0.15) is 11.5 Å². The summed E-state index contributed by atoms with van der Waals surface area (Å²) in [6.07, 6.45) is 3.80. The predicted molar refractivity (Wildman–Crippen MR) is 118 cm³/mol. The van der Waals surface area contributed by atoms with Crippen LogP contribution >= 0.6 is 0 Å². The molecule has 3 aromatic rings. The van der Waals surface area contributed by atoms with Crippen molar-refractivity contribution in [3.8, 4) is 0 Å². The van der Waals surface area contributed by atoms with Crippen LogP contribution in [0.3, 0.4) is 0 Å². The van der Waals surface area contributed by atoms with Gasteiger partial charge in [-0.3, -0.25) is 14.6 Å². The molecule has 0 fully saturated rings. The lowest BCUT2D eigenvalue weighted by atomic mass is 9.93. The molecule has 2 aromatic heterocycles. The van der Waals surface area contributed by atoms with Gasteiger partial charge in [0.2, 0.25) is 0 Å². The Morgan fingerprint density at radius 3 is 2.61 bits per heavy atom. The molecule has 0 radical (unpaired) electrons. The van der Waals surface area contributed by atoms with Crippen LogP contribution in [0.2, 0.25) is 0 Å². The number of aromatic nitrogens is 1. The van der Waals surface area contributed by atoms with E-state index < -0.39 is 0 Å². The van der Waals surface area contributed by atoms with Gasteiger partial charge in [0.05, 0.1) is 5.71 Å². The molecule has 0 atom stereocenters. The highest BCUT2D eigenvalue weighted by molar-refractivity contribution is 6.09. The summed E-state index contributed by atoms with van der Waals surface area (Å²) in [5.74, 6) is 0.315. The van der Waals surface area contributed by atoms with Crippen LogP contribution in [0, 0.1) is 20.8 Å². The van der Waals surface area contributed by atoms with Gasteiger partial charge in [-0.1, -0.05) is 12.1 Å². The minimum Gasteiger partial charge on any atom is -0.455 e. The second-order valence-electron chi connectivity index (χ2n) is 7.68. The van der Waals surface area contributed by atoms with E-state index in [9.17, 15) is 9.59 Å². The first-order valence-electron chi connectivity index (χ1n) is 10.2. The summed E-state index contributed by atoms with van der Waals surface area (Å²) in [7, 11) is 0. The Hall–Kier alpha value is -3.74. The molecule has 0 bridgehead atoms. The molecule has 0 saturated carbocycles. The zero-order valence-electron chi connectivity index (χ0n) is 17.8. The smallest absolute Gasteiger partial charge is 0.291 e. The highest BCUT2D eigenvalue weighted by atomic mass is 16.4. The molecule has 2 heterocycles. The number of furan rings is 1. The van der Waals surface area contributed by atoms with Crippen LogP contribution in [-0.2, 0) is 6.42 Å². The van der Waals surface area contributed by atoms with E-state index in [0.717, 1.165) is 46.5 Å². The molecule has 0 aliphatic heterocycles. The third kappa shape index (κ3) is 4.26. The number of rotatable bonds is 4. The van der Waals surface area contributed by atoms with Crippen molar-refractivity contribution in [3.63, 3.8) is 0 Å². The molecular weight excluding hydrogens is 392 g/mol. The SMILES string of the molecule is Cc1ccc(NC(=O)c2oc3c(c2C)/C(=N/NC(=O)c2ccccn2)CCC3)cc1C. The van der Waals surface area contributed by atoms with Crippen LogP contribution in [0.15, 0.2) is 52.1 Å². The number of pyridine rings is 1. The zero-order valence-corrected chi connectivity index (χ0v) is 17.8. The summed E-state index contributed by atoms with van der Waals surface area (Å²) in [6.45, 7) is 5.88. The van der Waals surface area contributed by atoms with Gasteiger partial charge < -0.3 is 9.73 Å². The van der Waals surface area contributed by atoms with E-state index in [1.54, 1.807) is 24.4 Å². The number of aryl methyl sites for hydroxylation is 3. The highest BCUT2D eigenvalue weighted by Crippen LogP contribution is 2.30. The van der Waals surface area contributed by atoms with Crippen molar-refractivity contribution in [3.05, 3.63) is 82.1 Å². The Balaban J connectivity index is 1.57. The average molecular weight is 416 g/mol. The minimum absolute atomic E-state index is 0.272. The zero-order chi connectivity index (χ0) is 22.0. The lowest BCUT2D eigenvalue weighted by Crippen LogP contribution is -2.22. The molecule has 0 unspecified atom stereocenters. The molecule has 1 aliphatic rings. The Labute approximate surface area is 180 Å². The number of nitrogens with one attached hydrogen (secondary N) is 2. The third-order valence-corrected chi connectivity index (χ3v) is 5.49. The second kappa shape index (κ2) is 8.55. The number of nitrogens with zero attached hydrogens (tertiary/aromatic N) is 2. The monoisotopic (exact) mass is 416 g/mol. The molecule has 0 saturated heterocycles. The molecule has 7 nitrogen and oxygen atoms in total. The van der Waals surface area contributed by atoms with Gasteiger partial charge in [-0.15, -0.1) is 0 Å². The van der Waals surface area contributed by atoms with Crippen LogP contribution in [0.5, 0.6) is 0 Å². The van der Waals surface area contributed by atoms with Crippen molar-refractivity contribution in [2.45, 2.75) is 40.0 Å². The summed E-state index contributed by atoms with van der Waals surface area (Å²) in [6, 6.07) is 10.9. The molecule has 1 aromatic carbocycles. The van der Waals surface area contributed by atoms with Crippen LogP contribution in [0.25, 0.3) is 0 Å². The molecule has 158 valence electrons. The Bertz CT molecular complexity index is 1180. The largest absolute Gasteiger partial charge is 0.455 e. The van der Waals surface area contributed by atoms with E-state index in [2.05, 4.69) is 20.8 Å². The van der Waals surface area contributed by atoms with E-state index >= 15 is 0 Å². The molecule has 2 amide bonds. The number of carbonyl (C=O) groups is 2. The van der Waals surface area contributed by atoms with Gasteiger partial charge in [0.15, 0.2) is 5.76 Å². The van der Waals surface area contributed by atoms with Crippen molar-refractivity contribution in [1.82, 2.24) is 10.4 Å². The van der Waals surface area contributed by atoms with Gasteiger partial charge in [-0.05, 0) is 69.0 Å². The topological polar surface area (TPSA) is 96.6 Å². The fourth-order valence-electron chi connectivity index (χ4n) is 3.68. The van der Waals surface area contributed by atoms with Gasteiger partial charge in [0.25, 0.3) is 11.8 Å². The Kier molecular flexibility index (Phi) is 5.66. The van der Waals surface area contributed by atoms with E-state index in [4.69, 9.17) is 4.42 Å². The normalized spacial score (nSPS) is 14.2. The number of hydrogen-bond donors (Lipinski definition) is 2. The maximum absolute atomic E-state index is 12.9. The van der Waals surface area contributed by atoms with Crippen LogP contribution in [-0.4, -0.2) is 22.5 Å². The summed E-state index contributed by atoms with van der Waals surface area (Å²) in [5, 5.41) is 7.24. The van der Waals surface area contributed by atoms with E-state index in [1.165, 1.54) is 0 Å². The Morgan fingerprint density at radius 2 is 1.87 bits per heavy atom. The maximum Gasteiger partial charge on any atom is 0.291 e. The molecule has 2 N–H and O–H groups in total. The average Bonchev–Trinajstić information content (AvgIpc) is 3.12. The summed E-state index contributed by atoms with van der Waals surface area (Å²) < 4.78 is 5.93. The van der Waals surface area contributed by atoms with Crippen LogP contribution in [0.1, 0.15) is 61.9 Å². The number of hydrazone groups is 1. The van der Waals surface area contributed by atoms with Crippen molar-refractivity contribution >= 4 is 23.2 Å². The Morgan fingerprint density at radius 1 is 1.03 bits per heavy atom. The summed E-state index contributed by atoms with van der Waals surface area (Å²) in [4.78, 5) is 29.2. The first kappa shape index (κ1) is 20.5.